The molecule has 154 valence electrons. The molecule has 0 aliphatic heterocycles. The first-order chi connectivity index (χ1) is 13.5. The van der Waals surface area contributed by atoms with Crippen LogP contribution in [-0.2, 0) is 4.79 Å². The summed E-state index contributed by atoms with van der Waals surface area (Å²) in [4.78, 5) is 17.0. The van der Waals surface area contributed by atoms with Gasteiger partial charge in [-0.1, -0.05) is 54.5 Å². The van der Waals surface area contributed by atoms with Gasteiger partial charge in [0, 0.05) is 11.6 Å². The number of nitrogens with zero attached hydrogens (tertiary/aromatic N) is 2. The fourth-order valence-corrected chi connectivity index (χ4v) is 2.82. The van der Waals surface area contributed by atoms with Gasteiger partial charge in [-0.15, -0.1) is 12.4 Å². The maximum Gasteiger partial charge on any atom is 0.249 e. The Labute approximate surface area is 176 Å². The Balaban J connectivity index is 0.00000300. The van der Waals surface area contributed by atoms with Gasteiger partial charge in [0.15, 0.2) is 0 Å². The Morgan fingerprint density at radius 3 is 2.55 bits per heavy atom. The van der Waals surface area contributed by atoms with Gasteiger partial charge in [0.2, 0.25) is 17.6 Å². The van der Waals surface area contributed by atoms with Crippen molar-refractivity contribution in [3.8, 4) is 17.1 Å². The van der Waals surface area contributed by atoms with E-state index in [-0.39, 0.29) is 18.3 Å². The number of carbonyl (C=O) groups excluding carboxylic acids is 1. The van der Waals surface area contributed by atoms with Crippen LogP contribution < -0.4 is 15.8 Å². The van der Waals surface area contributed by atoms with Crippen molar-refractivity contribution in [3.05, 3.63) is 66.1 Å². The second-order valence-corrected chi connectivity index (χ2v) is 6.64. The van der Waals surface area contributed by atoms with E-state index in [1.807, 2.05) is 54.6 Å². The fraction of sp³-hybridized carbons (Fsp3) is 0.286. The molecule has 2 aromatic carbocycles. The molecule has 0 aliphatic carbocycles. The Morgan fingerprint density at radius 2 is 1.86 bits per heavy atom. The van der Waals surface area contributed by atoms with E-state index in [9.17, 15) is 4.79 Å². The lowest BCUT2D eigenvalue weighted by molar-refractivity contribution is -0.126. The van der Waals surface area contributed by atoms with Crippen molar-refractivity contribution in [2.24, 2.45) is 11.7 Å². The highest BCUT2D eigenvalue weighted by molar-refractivity contribution is 5.85. The van der Waals surface area contributed by atoms with Gasteiger partial charge in [0.05, 0.1) is 13.0 Å². The molecule has 29 heavy (non-hydrogen) atoms. The minimum Gasteiger partial charge on any atom is -0.497 e. The molecule has 1 heterocycles. The zero-order valence-electron chi connectivity index (χ0n) is 16.5. The van der Waals surface area contributed by atoms with Crippen LogP contribution in [0.3, 0.4) is 0 Å². The number of amides is 1. The monoisotopic (exact) mass is 416 g/mol. The molecule has 7 nitrogen and oxygen atoms in total. The van der Waals surface area contributed by atoms with Gasteiger partial charge in [-0.2, -0.15) is 4.98 Å². The summed E-state index contributed by atoms with van der Waals surface area (Å²) >= 11 is 0. The predicted octanol–water partition coefficient (Wildman–Crippen LogP) is 3.68. The first-order valence-corrected chi connectivity index (χ1v) is 9.08. The number of carbonyl (C=O) groups is 1. The van der Waals surface area contributed by atoms with Crippen LogP contribution in [0, 0.1) is 5.92 Å². The molecule has 0 radical (unpaired) electrons. The third kappa shape index (κ3) is 5.34. The number of benzene rings is 2. The minimum absolute atomic E-state index is 0. The average Bonchev–Trinajstić information content (AvgIpc) is 3.24. The van der Waals surface area contributed by atoms with Gasteiger partial charge in [-0.05, 0) is 24.6 Å². The number of rotatable bonds is 7. The van der Waals surface area contributed by atoms with Crippen molar-refractivity contribution in [3.63, 3.8) is 0 Å². The van der Waals surface area contributed by atoms with Crippen LogP contribution in [0.4, 0.5) is 0 Å². The standard InChI is InChI=1S/C21H24N4O3.ClH/c1-13(18(22)15-8-5-4-6-9-15)20(26)23-14(2)21-24-19(25-28-21)16-10-7-11-17(12-16)27-3;/h4-14,18H,22H2,1-3H3,(H,23,26);1H. The molecule has 3 rings (SSSR count). The third-order valence-electron chi connectivity index (χ3n) is 4.64. The summed E-state index contributed by atoms with van der Waals surface area (Å²) in [6.07, 6.45) is 0. The van der Waals surface area contributed by atoms with E-state index in [1.54, 1.807) is 21.0 Å². The van der Waals surface area contributed by atoms with E-state index < -0.39 is 18.0 Å². The van der Waals surface area contributed by atoms with Crippen molar-refractivity contribution in [2.75, 3.05) is 7.11 Å². The molecule has 3 N–H and O–H groups in total. The van der Waals surface area contributed by atoms with Gasteiger partial charge >= 0.3 is 0 Å². The SMILES string of the molecule is COc1cccc(-c2noc(C(C)NC(=O)C(C)C(N)c3ccccc3)n2)c1.Cl. The minimum atomic E-state index is -0.440. The zero-order chi connectivity index (χ0) is 20.1. The van der Waals surface area contributed by atoms with Crippen molar-refractivity contribution in [2.45, 2.75) is 25.9 Å². The molecular weight excluding hydrogens is 392 g/mol. The summed E-state index contributed by atoms with van der Waals surface area (Å²) in [5, 5.41) is 6.89. The molecular formula is C21H25ClN4O3. The summed E-state index contributed by atoms with van der Waals surface area (Å²) in [6.45, 7) is 3.59. The summed E-state index contributed by atoms with van der Waals surface area (Å²) < 4.78 is 10.5. The molecule has 3 atom stereocenters. The molecule has 0 spiro atoms. The first-order valence-electron chi connectivity index (χ1n) is 9.08. The second kappa shape index (κ2) is 10.0. The van der Waals surface area contributed by atoms with Gasteiger partial charge in [-0.25, -0.2) is 0 Å². The van der Waals surface area contributed by atoms with E-state index in [0.29, 0.717) is 17.5 Å². The quantitative estimate of drug-likeness (QED) is 0.608. The lowest BCUT2D eigenvalue weighted by Crippen LogP contribution is -2.37. The average molecular weight is 417 g/mol. The van der Waals surface area contributed by atoms with Crippen LogP contribution in [-0.4, -0.2) is 23.2 Å². The molecule has 8 heteroatoms. The van der Waals surface area contributed by atoms with Crippen LogP contribution >= 0.6 is 12.4 Å². The Morgan fingerprint density at radius 1 is 1.14 bits per heavy atom. The van der Waals surface area contributed by atoms with Gasteiger partial charge in [-0.3, -0.25) is 4.79 Å². The van der Waals surface area contributed by atoms with Crippen LogP contribution in [0.15, 0.2) is 59.1 Å². The van der Waals surface area contributed by atoms with Crippen LogP contribution in [0.1, 0.15) is 37.4 Å². The number of aromatic nitrogens is 2. The molecule has 0 saturated carbocycles. The Kier molecular flexibility index (Phi) is 7.75. The molecule has 0 bridgehead atoms. The molecule has 0 fully saturated rings. The van der Waals surface area contributed by atoms with E-state index in [1.165, 1.54) is 0 Å². The normalized spacial score (nSPS) is 13.7. The highest BCUT2D eigenvalue weighted by Gasteiger charge is 2.25. The highest BCUT2D eigenvalue weighted by Crippen LogP contribution is 2.24. The summed E-state index contributed by atoms with van der Waals surface area (Å²) in [5.74, 6) is 0.875. The van der Waals surface area contributed by atoms with Gasteiger partial charge in [0.1, 0.15) is 11.8 Å². The maximum absolute atomic E-state index is 12.6. The van der Waals surface area contributed by atoms with Crippen molar-refractivity contribution >= 4 is 18.3 Å². The molecule has 1 amide bonds. The van der Waals surface area contributed by atoms with E-state index >= 15 is 0 Å². The van der Waals surface area contributed by atoms with E-state index in [0.717, 1.165) is 11.1 Å². The lowest BCUT2D eigenvalue weighted by atomic mass is 9.94. The van der Waals surface area contributed by atoms with Crippen molar-refractivity contribution < 1.29 is 14.1 Å². The number of nitrogens with two attached hydrogens (primary N) is 1. The maximum atomic E-state index is 12.6. The van der Waals surface area contributed by atoms with Gasteiger partial charge in [0.25, 0.3) is 0 Å². The van der Waals surface area contributed by atoms with Crippen LogP contribution in [0.5, 0.6) is 5.75 Å². The Bertz CT molecular complexity index is 932. The molecule has 0 saturated heterocycles. The fourth-order valence-electron chi connectivity index (χ4n) is 2.82. The molecule has 0 aliphatic rings. The number of ether oxygens (including phenoxy) is 1. The number of hydrogen-bond acceptors (Lipinski definition) is 6. The van der Waals surface area contributed by atoms with Crippen molar-refractivity contribution in [1.82, 2.24) is 15.5 Å². The summed E-state index contributed by atoms with van der Waals surface area (Å²) in [6, 6.07) is 16.1. The largest absolute Gasteiger partial charge is 0.497 e. The smallest absolute Gasteiger partial charge is 0.249 e. The number of halogens is 1. The Hall–Kier alpha value is -2.90. The van der Waals surface area contributed by atoms with Crippen LogP contribution in [0.25, 0.3) is 11.4 Å². The van der Waals surface area contributed by atoms with E-state index in [4.69, 9.17) is 15.0 Å². The molecule has 3 aromatic rings. The summed E-state index contributed by atoms with van der Waals surface area (Å²) in [5.41, 5.74) is 7.92. The van der Waals surface area contributed by atoms with Crippen LogP contribution in [0.2, 0.25) is 0 Å². The van der Waals surface area contributed by atoms with E-state index in [2.05, 4.69) is 15.5 Å². The zero-order valence-corrected chi connectivity index (χ0v) is 17.3. The number of hydrogen-bond donors (Lipinski definition) is 2. The third-order valence-corrected chi connectivity index (χ3v) is 4.64. The molecule has 3 unspecified atom stereocenters. The lowest BCUT2D eigenvalue weighted by Gasteiger charge is -2.21. The summed E-state index contributed by atoms with van der Waals surface area (Å²) in [7, 11) is 1.60. The number of nitrogens with one attached hydrogen (secondary N) is 1. The van der Waals surface area contributed by atoms with Gasteiger partial charge < -0.3 is 20.3 Å². The number of methoxy groups -OCH3 is 1. The topological polar surface area (TPSA) is 103 Å². The first kappa shape index (κ1) is 22.4. The highest BCUT2D eigenvalue weighted by atomic mass is 35.5. The molecule has 1 aromatic heterocycles. The predicted molar refractivity (Wildman–Crippen MR) is 113 cm³/mol. The van der Waals surface area contributed by atoms with Crippen molar-refractivity contribution in [1.29, 1.82) is 0 Å². The second-order valence-electron chi connectivity index (χ2n) is 6.64.